The predicted octanol–water partition coefficient (Wildman–Crippen LogP) is 1.01. The molecule has 29 heavy (non-hydrogen) atoms. The summed E-state index contributed by atoms with van der Waals surface area (Å²) in [5, 5.41) is 41.7. The highest BCUT2D eigenvalue weighted by Crippen LogP contribution is 2.68. The van der Waals surface area contributed by atoms with Crippen molar-refractivity contribution >= 4 is 17.5 Å². The molecule has 4 N–H and O–H groups in total. The number of carboxylic acids is 1. The Kier molecular flexibility index (Phi) is 4.46. The van der Waals surface area contributed by atoms with Crippen molar-refractivity contribution in [1.29, 1.82) is 0 Å². The van der Waals surface area contributed by atoms with E-state index in [0.29, 0.717) is 19.3 Å². The minimum absolute atomic E-state index is 0.0112. The summed E-state index contributed by atoms with van der Waals surface area (Å²) in [5.74, 6) is -2.71. The number of aliphatic hydroxyl groups excluding tert-OH is 2. The van der Waals surface area contributed by atoms with Crippen LogP contribution < -0.4 is 0 Å². The van der Waals surface area contributed by atoms with Crippen LogP contribution in [0.4, 0.5) is 0 Å². The van der Waals surface area contributed by atoms with Crippen LogP contribution >= 0.6 is 0 Å². The summed E-state index contributed by atoms with van der Waals surface area (Å²) >= 11 is 0. The van der Waals surface area contributed by atoms with Crippen LogP contribution in [0.1, 0.15) is 46.0 Å². The number of aliphatic hydroxyl groups is 3. The van der Waals surface area contributed by atoms with E-state index in [1.807, 2.05) is 6.92 Å². The van der Waals surface area contributed by atoms with Crippen LogP contribution in [-0.4, -0.2) is 56.3 Å². The van der Waals surface area contributed by atoms with E-state index < -0.39 is 46.8 Å². The van der Waals surface area contributed by atoms with Crippen molar-refractivity contribution in [1.82, 2.24) is 0 Å². The molecule has 0 aromatic carbocycles. The lowest BCUT2D eigenvalue weighted by molar-refractivity contribution is -0.179. The van der Waals surface area contributed by atoms with Gasteiger partial charge in [0.05, 0.1) is 11.7 Å². The van der Waals surface area contributed by atoms with Crippen LogP contribution in [0.2, 0.25) is 0 Å². The Bertz CT molecular complexity index is 857. The second-order valence-corrected chi connectivity index (χ2v) is 9.64. The first-order valence-electron chi connectivity index (χ1n) is 10.3. The number of ketones is 2. The summed E-state index contributed by atoms with van der Waals surface area (Å²) in [6, 6.07) is 0. The van der Waals surface area contributed by atoms with E-state index in [-0.39, 0.29) is 36.0 Å². The third kappa shape index (κ3) is 2.44. The summed E-state index contributed by atoms with van der Waals surface area (Å²) < 4.78 is 0. The molecule has 0 radical (unpaired) electrons. The lowest BCUT2D eigenvalue weighted by Gasteiger charge is -2.60. The van der Waals surface area contributed by atoms with Gasteiger partial charge in [-0.25, -0.2) is 4.79 Å². The number of Topliss-reactive ketones (excluding diaryl/α,β-unsaturated/α-hetero) is 1. The van der Waals surface area contributed by atoms with Gasteiger partial charge in [-0.05, 0) is 56.1 Å². The van der Waals surface area contributed by atoms with Crippen LogP contribution in [0, 0.1) is 28.6 Å². The number of aliphatic carboxylic acids is 1. The minimum Gasteiger partial charge on any atom is -0.478 e. The number of rotatable bonds is 3. The minimum atomic E-state index is -1.69. The van der Waals surface area contributed by atoms with Crippen molar-refractivity contribution in [3.63, 3.8) is 0 Å². The van der Waals surface area contributed by atoms with Crippen LogP contribution in [-0.2, 0) is 14.4 Å². The number of allylic oxidation sites excluding steroid dienone is 3. The van der Waals surface area contributed by atoms with Gasteiger partial charge in [-0.1, -0.05) is 19.4 Å². The number of hydrogen-bond donors (Lipinski definition) is 4. The zero-order chi connectivity index (χ0) is 21.4. The molecule has 3 saturated carbocycles. The van der Waals surface area contributed by atoms with Gasteiger partial charge in [0.1, 0.15) is 12.2 Å². The summed E-state index contributed by atoms with van der Waals surface area (Å²) in [4.78, 5) is 36.5. The molecule has 0 unspecified atom stereocenters. The highest BCUT2D eigenvalue weighted by atomic mass is 16.4. The quantitative estimate of drug-likeness (QED) is 0.552. The molecule has 0 spiro atoms. The van der Waals surface area contributed by atoms with Crippen LogP contribution in [0.3, 0.4) is 0 Å². The zero-order valence-electron chi connectivity index (χ0n) is 16.7. The number of carboxylic acid groups (broad SMARTS) is 1. The number of carbonyl (C=O) groups is 3. The molecule has 4 rings (SSSR count). The summed E-state index contributed by atoms with van der Waals surface area (Å²) in [5.41, 5.74) is -2.79. The van der Waals surface area contributed by atoms with Crippen molar-refractivity contribution in [2.24, 2.45) is 28.6 Å². The molecule has 158 valence electrons. The molecule has 7 nitrogen and oxygen atoms in total. The van der Waals surface area contributed by atoms with Crippen molar-refractivity contribution < 1.29 is 34.8 Å². The van der Waals surface area contributed by atoms with E-state index in [1.54, 1.807) is 6.92 Å². The van der Waals surface area contributed by atoms with Crippen LogP contribution in [0.5, 0.6) is 0 Å². The highest BCUT2D eigenvalue weighted by Gasteiger charge is 2.68. The van der Waals surface area contributed by atoms with E-state index >= 15 is 0 Å². The maximum atomic E-state index is 12.4. The molecule has 0 saturated heterocycles. The molecule has 7 heteroatoms. The molecule has 0 aromatic rings. The molecule has 4 aliphatic rings. The Balaban J connectivity index is 1.80. The highest BCUT2D eigenvalue weighted by molar-refractivity contribution is 6.08. The Morgan fingerprint density at radius 1 is 1.21 bits per heavy atom. The Hall–Kier alpha value is -1.83. The molecule has 3 fully saturated rings. The average molecular weight is 404 g/mol. The first-order valence-corrected chi connectivity index (χ1v) is 10.3. The van der Waals surface area contributed by atoms with Crippen molar-refractivity contribution in [3.05, 3.63) is 23.3 Å². The fourth-order valence-electron chi connectivity index (χ4n) is 7.32. The summed E-state index contributed by atoms with van der Waals surface area (Å²) in [6.45, 7) is 2.86. The van der Waals surface area contributed by atoms with Gasteiger partial charge in [-0.15, -0.1) is 0 Å². The van der Waals surface area contributed by atoms with Gasteiger partial charge in [0.25, 0.3) is 0 Å². The number of fused-ring (bicyclic) bond motifs is 5. The molecule has 4 aliphatic carbocycles. The fourth-order valence-corrected chi connectivity index (χ4v) is 7.32. The van der Waals surface area contributed by atoms with Gasteiger partial charge in [0, 0.05) is 16.7 Å². The summed E-state index contributed by atoms with van der Waals surface area (Å²) in [6.07, 6.45) is 3.87. The van der Waals surface area contributed by atoms with Gasteiger partial charge in [-0.3, -0.25) is 9.59 Å². The largest absolute Gasteiger partial charge is 0.478 e. The predicted molar refractivity (Wildman–Crippen MR) is 102 cm³/mol. The molecule has 0 aliphatic heterocycles. The van der Waals surface area contributed by atoms with E-state index in [1.165, 1.54) is 6.08 Å². The average Bonchev–Trinajstić information content (AvgIpc) is 2.92. The van der Waals surface area contributed by atoms with E-state index in [9.17, 15) is 34.8 Å². The van der Waals surface area contributed by atoms with Crippen LogP contribution in [0.25, 0.3) is 0 Å². The monoisotopic (exact) mass is 404 g/mol. The molecule has 0 bridgehead atoms. The smallest absolute Gasteiger partial charge is 0.332 e. The van der Waals surface area contributed by atoms with Gasteiger partial charge >= 0.3 is 5.97 Å². The fraction of sp³-hybridized carbons (Fsp3) is 0.682. The van der Waals surface area contributed by atoms with Gasteiger partial charge in [0.15, 0.2) is 11.6 Å². The van der Waals surface area contributed by atoms with Crippen molar-refractivity contribution in [3.8, 4) is 0 Å². The maximum absolute atomic E-state index is 12.4. The van der Waals surface area contributed by atoms with E-state index in [2.05, 4.69) is 0 Å². The SMILES string of the molecule is C[C@@]12C(=CC(=O)C=C1C(=O)O)CC[C@@H]1[C@@H]2[C@@H](O)C[C@@]2(C)[C@H]1CC[C@]2(O)C(=O)CO. The topological polar surface area (TPSA) is 132 Å². The second-order valence-electron chi connectivity index (χ2n) is 9.64. The third-order valence-corrected chi connectivity index (χ3v) is 8.68. The maximum Gasteiger partial charge on any atom is 0.332 e. The molecule has 0 heterocycles. The Morgan fingerprint density at radius 2 is 1.90 bits per heavy atom. The van der Waals surface area contributed by atoms with Gasteiger partial charge in [-0.2, -0.15) is 0 Å². The van der Waals surface area contributed by atoms with E-state index in [4.69, 9.17) is 0 Å². The zero-order valence-corrected chi connectivity index (χ0v) is 16.7. The normalized spacial score (nSPS) is 46.2. The molecule has 7 atom stereocenters. The molecule has 0 amide bonds. The summed E-state index contributed by atoms with van der Waals surface area (Å²) in [7, 11) is 0. The molecular weight excluding hydrogens is 376 g/mol. The number of carbonyl (C=O) groups excluding carboxylic acids is 2. The van der Waals surface area contributed by atoms with Gasteiger partial charge in [0.2, 0.25) is 0 Å². The number of hydrogen-bond acceptors (Lipinski definition) is 6. The standard InChI is InChI=1S/C22H28O7/c1-20-9-16(25)18-13(14(20)5-6-22(20,29)17(26)10-23)4-3-11-7-12(24)8-15(19(27)28)21(11,18)2/h7-8,13-14,16,18,23,25,29H,3-6,9-10H2,1-2H3,(H,27,28)/t13-,14-,16-,18+,20-,21+,22-/m0/s1. The lowest BCUT2D eigenvalue weighted by atomic mass is 9.45. The first kappa shape index (κ1) is 20.4. The molecular formula is C22H28O7. The Labute approximate surface area is 169 Å². The van der Waals surface area contributed by atoms with Crippen molar-refractivity contribution in [2.45, 2.75) is 57.7 Å². The molecule has 0 aromatic heterocycles. The van der Waals surface area contributed by atoms with Gasteiger partial charge < -0.3 is 20.4 Å². The van der Waals surface area contributed by atoms with E-state index in [0.717, 1.165) is 11.6 Å². The Morgan fingerprint density at radius 3 is 2.52 bits per heavy atom. The van der Waals surface area contributed by atoms with Crippen LogP contribution in [0.15, 0.2) is 23.3 Å². The third-order valence-electron chi connectivity index (χ3n) is 8.68. The first-order chi connectivity index (χ1) is 13.5. The lowest BCUT2D eigenvalue weighted by Crippen LogP contribution is -2.62. The van der Waals surface area contributed by atoms with Crippen molar-refractivity contribution in [2.75, 3.05) is 6.61 Å². The second kappa shape index (κ2) is 6.33.